The molecule has 0 aliphatic heterocycles. The van der Waals surface area contributed by atoms with Crippen LogP contribution in [0.25, 0.3) is 11.4 Å². The summed E-state index contributed by atoms with van der Waals surface area (Å²) in [6, 6.07) is 4.15. The number of halogens is 5. The molecular weight excluding hydrogens is 439 g/mol. The minimum absolute atomic E-state index is 0.260. The molecule has 0 aromatic carbocycles. The Morgan fingerprint density at radius 2 is 1.86 bits per heavy atom. The first-order valence-corrected chi connectivity index (χ1v) is 11.4. The van der Waals surface area contributed by atoms with Crippen LogP contribution in [0.3, 0.4) is 0 Å². The molecule has 2 aromatic rings. The normalized spacial score (nSPS) is 12.7. The van der Waals surface area contributed by atoms with Crippen molar-refractivity contribution in [3.05, 3.63) is 24.4 Å². The van der Waals surface area contributed by atoms with E-state index in [9.17, 15) is 26.2 Å². The van der Waals surface area contributed by atoms with E-state index in [1.165, 1.54) is 36.5 Å². The second-order valence-electron chi connectivity index (χ2n) is 5.99. The fourth-order valence-electron chi connectivity index (χ4n) is 1.97. The third kappa shape index (κ3) is 6.49. The zero-order valence-electron chi connectivity index (χ0n) is 15.5. The van der Waals surface area contributed by atoms with Gasteiger partial charge < -0.3 is 4.74 Å². The van der Waals surface area contributed by atoms with Gasteiger partial charge in [-0.1, -0.05) is 6.92 Å². The van der Waals surface area contributed by atoms with Crippen molar-refractivity contribution < 1.29 is 30.9 Å². The average Bonchev–Trinajstić information content (AvgIpc) is 2.59. The van der Waals surface area contributed by atoms with E-state index in [0.717, 1.165) is 6.07 Å². The fourth-order valence-corrected chi connectivity index (χ4v) is 3.38. The average molecular weight is 456 g/mol. The molecule has 0 aliphatic carbocycles. The van der Waals surface area contributed by atoms with Crippen LogP contribution < -0.4 is 4.74 Å². The number of thioether (sulfide) groups is 1. The van der Waals surface area contributed by atoms with Crippen molar-refractivity contribution in [2.45, 2.75) is 23.9 Å². The highest BCUT2D eigenvalue weighted by atomic mass is 32.2. The molecule has 160 valence electrons. The molecule has 0 amide bonds. The van der Waals surface area contributed by atoms with Crippen LogP contribution in [0.4, 0.5) is 27.6 Å². The number of alkyl halides is 5. The summed E-state index contributed by atoms with van der Waals surface area (Å²) in [5.74, 6) is -4.80. The molecule has 13 heteroatoms. The molecule has 2 aromatic heterocycles. The first-order valence-electron chi connectivity index (χ1n) is 8.04. The molecule has 2 heterocycles. The third-order valence-corrected chi connectivity index (χ3v) is 4.72. The van der Waals surface area contributed by atoms with Gasteiger partial charge in [-0.2, -0.15) is 26.3 Å². The molecule has 0 spiro atoms. The maximum absolute atomic E-state index is 12.9. The van der Waals surface area contributed by atoms with Gasteiger partial charge in [-0.25, -0.2) is 4.21 Å². The summed E-state index contributed by atoms with van der Waals surface area (Å²) in [6.07, 6.45) is -1.35. The van der Waals surface area contributed by atoms with Gasteiger partial charge in [-0.05, 0) is 17.9 Å². The van der Waals surface area contributed by atoms with Gasteiger partial charge in [0.2, 0.25) is 5.88 Å². The summed E-state index contributed by atoms with van der Waals surface area (Å²) < 4.78 is 82.7. The SMILES string of the molecule is CCSc1cc(N=S(C)(C)=O)cnc1-c1ccc(OCC(F)(F)C(F)(F)F)nn1. The van der Waals surface area contributed by atoms with Crippen molar-refractivity contribution in [2.75, 3.05) is 24.9 Å². The summed E-state index contributed by atoms with van der Waals surface area (Å²) in [7, 11) is -2.38. The number of hydrogen-bond donors (Lipinski definition) is 0. The summed E-state index contributed by atoms with van der Waals surface area (Å²) >= 11 is 1.42. The standard InChI is InChI=1S/C16H17F5N4O2S2/c1-4-28-12-7-10(25-29(2,3)26)8-22-14(12)11-5-6-13(24-23-11)27-9-15(17,18)16(19,20)21/h5-8H,4,9H2,1-3H3. The van der Waals surface area contributed by atoms with Crippen molar-refractivity contribution >= 4 is 27.2 Å². The third-order valence-electron chi connectivity index (χ3n) is 3.16. The van der Waals surface area contributed by atoms with Gasteiger partial charge in [0, 0.05) is 33.2 Å². The Balaban J connectivity index is 2.26. The second kappa shape index (κ2) is 8.78. The molecule has 0 atom stereocenters. The number of ether oxygens (including phenoxy) is 1. The summed E-state index contributed by atoms with van der Waals surface area (Å²) in [4.78, 5) is 4.92. The van der Waals surface area contributed by atoms with Gasteiger partial charge in [0.25, 0.3) is 0 Å². The van der Waals surface area contributed by atoms with E-state index in [-0.39, 0.29) is 5.69 Å². The number of hydrogen-bond acceptors (Lipinski definition) is 7. The Kier molecular flexibility index (Phi) is 7.04. The Bertz CT molecular complexity index is 966. The fraction of sp³-hybridized carbons (Fsp3) is 0.438. The van der Waals surface area contributed by atoms with Gasteiger partial charge in [0.1, 0.15) is 11.4 Å². The Morgan fingerprint density at radius 1 is 1.17 bits per heavy atom. The summed E-state index contributed by atoms with van der Waals surface area (Å²) in [5.41, 5.74) is 1.09. The van der Waals surface area contributed by atoms with Crippen molar-refractivity contribution in [3.8, 4) is 17.3 Å². The molecule has 6 nitrogen and oxygen atoms in total. The lowest BCUT2D eigenvalue weighted by atomic mass is 10.2. The second-order valence-corrected chi connectivity index (χ2v) is 9.84. The van der Waals surface area contributed by atoms with Crippen LogP contribution in [0.1, 0.15) is 6.92 Å². The molecule has 0 saturated heterocycles. The van der Waals surface area contributed by atoms with Crippen LogP contribution in [0, 0.1) is 0 Å². The van der Waals surface area contributed by atoms with Crippen LogP contribution in [-0.2, 0) is 9.73 Å². The van der Waals surface area contributed by atoms with Gasteiger partial charge in [0.15, 0.2) is 6.61 Å². The van der Waals surface area contributed by atoms with Crippen LogP contribution in [-0.4, -0.2) is 56.4 Å². The van der Waals surface area contributed by atoms with E-state index >= 15 is 0 Å². The highest BCUT2D eigenvalue weighted by Gasteiger charge is 2.58. The van der Waals surface area contributed by atoms with Gasteiger partial charge in [-0.3, -0.25) is 4.98 Å². The topological polar surface area (TPSA) is 77.3 Å². The van der Waals surface area contributed by atoms with Crippen LogP contribution in [0.2, 0.25) is 0 Å². The van der Waals surface area contributed by atoms with Gasteiger partial charge in [-0.15, -0.1) is 22.0 Å². The molecule has 0 N–H and O–H groups in total. The van der Waals surface area contributed by atoms with Crippen LogP contribution in [0.15, 0.2) is 33.7 Å². The maximum Gasteiger partial charge on any atom is 0.456 e. The zero-order valence-corrected chi connectivity index (χ0v) is 17.2. The zero-order chi connectivity index (χ0) is 21.9. The van der Waals surface area contributed by atoms with Crippen molar-refractivity contribution in [3.63, 3.8) is 0 Å². The lowest BCUT2D eigenvalue weighted by Gasteiger charge is -2.19. The minimum Gasteiger partial charge on any atom is -0.470 e. The Hall–Kier alpha value is -2.02. The lowest BCUT2D eigenvalue weighted by Crippen LogP contribution is -2.41. The van der Waals surface area contributed by atoms with Crippen molar-refractivity contribution in [1.82, 2.24) is 15.2 Å². The Labute approximate surface area is 168 Å². The minimum atomic E-state index is -5.72. The molecule has 2 rings (SSSR count). The molecule has 0 aliphatic rings. The number of rotatable bonds is 7. The first kappa shape index (κ1) is 23.3. The highest BCUT2D eigenvalue weighted by Crippen LogP contribution is 2.36. The molecule has 0 fully saturated rings. The molecule has 0 saturated carbocycles. The van der Waals surface area contributed by atoms with Gasteiger partial charge >= 0.3 is 12.1 Å². The van der Waals surface area contributed by atoms with E-state index in [1.54, 1.807) is 6.07 Å². The largest absolute Gasteiger partial charge is 0.470 e. The predicted molar refractivity (Wildman–Crippen MR) is 100 cm³/mol. The smallest absolute Gasteiger partial charge is 0.456 e. The molecule has 0 bridgehead atoms. The van der Waals surface area contributed by atoms with E-state index < -0.39 is 34.3 Å². The summed E-state index contributed by atoms with van der Waals surface area (Å²) in [6.45, 7) is 0.00766. The van der Waals surface area contributed by atoms with Crippen molar-refractivity contribution in [2.24, 2.45) is 4.36 Å². The number of nitrogens with zero attached hydrogens (tertiary/aromatic N) is 4. The first-order chi connectivity index (χ1) is 13.3. The molecular formula is C16H17F5N4O2S2. The molecule has 0 radical (unpaired) electrons. The molecule has 29 heavy (non-hydrogen) atoms. The van der Waals surface area contributed by atoms with Crippen molar-refractivity contribution in [1.29, 1.82) is 0 Å². The van der Waals surface area contributed by atoms with E-state index in [2.05, 4.69) is 24.3 Å². The predicted octanol–water partition coefficient (Wildman–Crippen LogP) is 4.59. The number of aromatic nitrogens is 3. The molecule has 0 unspecified atom stereocenters. The van der Waals surface area contributed by atoms with E-state index in [1.807, 2.05) is 6.92 Å². The van der Waals surface area contributed by atoms with Crippen LogP contribution in [0.5, 0.6) is 5.88 Å². The summed E-state index contributed by atoms with van der Waals surface area (Å²) in [5, 5.41) is 7.33. The Morgan fingerprint density at radius 3 is 2.38 bits per heavy atom. The lowest BCUT2D eigenvalue weighted by molar-refractivity contribution is -0.290. The number of pyridine rings is 1. The van der Waals surface area contributed by atoms with Gasteiger partial charge in [0.05, 0.1) is 11.9 Å². The maximum atomic E-state index is 12.9. The van der Waals surface area contributed by atoms with E-state index in [4.69, 9.17) is 0 Å². The van der Waals surface area contributed by atoms with E-state index in [0.29, 0.717) is 22.0 Å². The monoisotopic (exact) mass is 456 g/mol. The van der Waals surface area contributed by atoms with Crippen LogP contribution >= 0.6 is 11.8 Å². The quantitative estimate of drug-likeness (QED) is 0.448. The highest BCUT2D eigenvalue weighted by molar-refractivity contribution is 7.99.